The van der Waals surface area contributed by atoms with E-state index in [1.807, 2.05) is 0 Å². The third-order valence-corrected chi connectivity index (χ3v) is 6.07. The molecule has 0 spiro atoms. The Kier molecular flexibility index (Phi) is 5.60. The lowest BCUT2D eigenvalue weighted by Gasteiger charge is -2.36. The summed E-state index contributed by atoms with van der Waals surface area (Å²) in [5.74, 6) is -2.42. The van der Waals surface area contributed by atoms with Gasteiger partial charge in [-0.15, -0.1) is 0 Å². The first kappa shape index (κ1) is 18.2. The van der Waals surface area contributed by atoms with Crippen molar-refractivity contribution in [2.24, 2.45) is 23.7 Å². The van der Waals surface area contributed by atoms with Gasteiger partial charge in [0.2, 0.25) is 11.6 Å². The second-order valence-electron chi connectivity index (χ2n) is 7.76. The number of hydrogen-bond donors (Lipinski definition) is 1. The molecule has 0 radical (unpaired) electrons. The summed E-state index contributed by atoms with van der Waals surface area (Å²) in [6.45, 7) is 2.31. The van der Waals surface area contributed by atoms with E-state index in [4.69, 9.17) is 9.84 Å². The smallest absolute Gasteiger partial charge is 0.314 e. The molecule has 2 aliphatic carbocycles. The number of phenolic OH excluding ortho intramolecular Hbond substituents is 1. The summed E-state index contributed by atoms with van der Waals surface area (Å²) in [6.07, 6.45) is 8.69. The molecule has 3 nitrogen and oxygen atoms in total. The molecule has 2 aliphatic rings. The highest BCUT2D eigenvalue weighted by molar-refractivity contribution is 5.75. The van der Waals surface area contributed by atoms with Crippen LogP contribution in [0.5, 0.6) is 11.5 Å². The van der Waals surface area contributed by atoms with Gasteiger partial charge < -0.3 is 9.84 Å². The highest BCUT2D eigenvalue weighted by Crippen LogP contribution is 2.41. The number of rotatable bonds is 3. The number of hydrogen-bond acceptors (Lipinski definition) is 3. The molecule has 0 aliphatic heterocycles. The first-order valence-corrected chi connectivity index (χ1v) is 9.34. The van der Waals surface area contributed by atoms with Crippen LogP contribution in [0, 0.1) is 35.3 Å². The van der Waals surface area contributed by atoms with Gasteiger partial charge in [-0.05, 0) is 68.4 Å². The van der Waals surface area contributed by atoms with Crippen LogP contribution in [0.3, 0.4) is 0 Å². The molecule has 0 unspecified atom stereocenters. The number of phenols is 1. The third-order valence-electron chi connectivity index (χ3n) is 6.07. The summed E-state index contributed by atoms with van der Waals surface area (Å²) in [4.78, 5) is 12.3. The SMILES string of the molecule is CC1CCC(C2CCC(C(=O)Oc3ccc(O)c(F)c3F)CC2)CC1. The lowest BCUT2D eigenvalue weighted by atomic mass is 9.69. The maximum Gasteiger partial charge on any atom is 0.314 e. The monoisotopic (exact) mass is 352 g/mol. The molecule has 1 N–H and O–H groups in total. The van der Waals surface area contributed by atoms with Crippen molar-refractivity contribution in [1.29, 1.82) is 0 Å². The largest absolute Gasteiger partial charge is 0.505 e. The van der Waals surface area contributed by atoms with E-state index in [0.29, 0.717) is 5.92 Å². The van der Waals surface area contributed by atoms with Crippen molar-refractivity contribution in [3.63, 3.8) is 0 Å². The molecular weight excluding hydrogens is 326 g/mol. The zero-order chi connectivity index (χ0) is 18.0. The van der Waals surface area contributed by atoms with E-state index >= 15 is 0 Å². The van der Waals surface area contributed by atoms with Crippen LogP contribution in [0.25, 0.3) is 0 Å². The van der Waals surface area contributed by atoms with Crippen molar-refractivity contribution >= 4 is 5.97 Å². The molecule has 2 fully saturated rings. The summed E-state index contributed by atoms with van der Waals surface area (Å²) in [7, 11) is 0. The minimum Gasteiger partial charge on any atom is -0.505 e. The Labute approximate surface area is 147 Å². The van der Waals surface area contributed by atoms with E-state index in [0.717, 1.165) is 49.7 Å². The number of carbonyl (C=O) groups is 1. The zero-order valence-electron chi connectivity index (χ0n) is 14.6. The van der Waals surface area contributed by atoms with E-state index in [1.165, 1.54) is 25.7 Å². The summed E-state index contributed by atoms with van der Waals surface area (Å²) >= 11 is 0. The summed E-state index contributed by atoms with van der Waals surface area (Å²) < 4.78 is 32.1. The predicted octanol–water partition coefficient (Wildman–Crippen LogP) is 5.21. The van der Waals surface area contributed by atoms with Crippen LogP contribution in [0.2, 0.25) is 0 Å². The van der Waals surface area contributed by atoms with Crippen LogP contribution >= 0.6 is 0 Å². The van der Waals surface area contributed by atoms with E-state index < -0.39 is 29.1 Å². The van der Waals surface area contributed by atoms with Crippen molar-refractivity contribution in [3.8, 4) is 11.5 Å². The van der Waals surface area contributed by atoms with Gasteiger partial charge in [0.15, 0.2) is 11.5 Å². The highest BCUT2D eigenvalue weighted by atomic mass is 19.2. The Morgan fingerprint density at radius 1 is 0.960 bits per heavy atom. The van der Waals surface area contributed by atoms with E-state index in [2.05, 4.69) is 6.92 Å². The molecule has 1 aromatic rings. The molecular formula is C20H26F2O3. The van der Waals surface area contributed by atoms with Crippen LogP contribution in [0.4, 0.5) is 8.78 Å². The minimum atomic E-state index is -1.39. The molecule has 0 amide bonds. The summed E-state index contributed by atoms with van der Waals surface area (Å²) in [6, 6.07) is 2.07. The maximum absolute atomic E-state index is 13.7. The van der Waals surface area contributed by atoms with Crippen molar-refractivity contribution in [2.45, 2.75) is 58.3 Å². The molecule has 2 saturated carbocycles. The number of esters is 1. The molecule has 0 atom stereocenters. The Hall–Kier alpha value is -1.65. The number of carbonyl (C=O) groups excluding carboxylic acids is 1. The predicted molar refractivity (Wildman–Crippen MR) is 90.2 cm³/mol. The van der Waals surface area contributed by atoms with Crippen molar-refractivity contribution < 1.29 is 23.4 Å². The van der Waals surface area contributed by atoms with Gasteiger partial charge in [-0.2, -0.15) is 8.78 Å². The van der Waals surface area contributed by atoms with Crippen LogP contribution in [-0.2, 0) is 4.79 Å². The van der Waals surface area contributed by atoms with Gasteiger partial charge in [-0.1, -0.05) is 19.8 Å². The minimum absolute atomic E-state index is 0.255. The molecule has 3 rings (SSSR count). The van der Waals surface area contributed by atoms with E-state index in [9.17, 15) is 13.6 Å². The van der Waals surface area contributed by atoms with E-state index in [-0.39, 0.29) is 5.92 Å². The van der Waals surface area contributed by atoms with E-state index in [1.54, 1.807) is 0 Å². The normalized spacial score (nSPS) is 30.0. The Bertz CT molecular complexity index is 616. The fraction of sp³-hybridized carbons (Fsp3) is 0.650. The fourth-order valence-corrected chi connectivity index (χ4v) is 4.38. The second kappa shape index (κ2) is 7.71. The van der Waals surface area contributed by atoms with Crippen LogP contribution < -0.4 is 4.74 Å². The molecule has 0 saturated heterocycles. The Morgan fingerprint density at radius 2 is 1.52 bits per heavy atom. The Balaban J connectivity index is 1.53. The van der Waals surface area contributed by atoms with Crippen LogP contribution in [0.15, 0.2) is 12.1 Å². The van der Waals surface area contributed by atoms with Crippen LogP contribution in [0.1, 0.15) is 58.3 Å². The summed E-state index contributed by atoms with van der Waals surface area (Å²) in [5.41, 5.74) is 0. The van der Waals surface area contributed by atoms with Gasteiger partial charge in [0, 0.05) is 0 Å². The lowest BCUT2D eigenvalue weighted by Crippen LogP contribution is -2.30. The molecule has 5 heteroatoms. The molecule has 0 aromatic heterocycles. The molecule has 138 valence electrons. The van der Waals surface area contributed by atoms with Gasteiger partial charge in [0.05, 0.1) is 5.92 Å². The van der Waals surface area contributed by atoms with Crippen molar-refractivity contribution in [2.75, 3.05) is 0 Å². The number of benzene rings is 1. The maximum atomic E-state index is 13.7. The topological polar surface area (TPSA) is 46.5 Å². The van der Waals surface area contributed by atoms with Crippen molar-refractivity contribution in [3.05, 3.63) is 23.8 Å². The lowest BCUT2D eigenvalue weighted by molar-refractivity contribution is -0.140. The van der Waals surface area contributed by atoms with Gasteiger partial charge in [0.1, 0.15) is 0 Å². The standard InChI is InChI=1S/C20H26F2O3/c1-12-2-4-13(5-3-12)14-6-8-15(9-7-14)20(24)25-17-11-10-16(23)18(21)19(17)22/h10-15,23H,2-9H2,1H3. The first-order chi connectivity index (χ1) is 12.0. The first-order valence-electron chi connectivity index (χ1n) is 9.34. The average molecular weight is 352 g/mol. The summed E-state index contributed by atoms with van der Waals surface area (Å²) in [5, 5.41) is 9.12. The van der Waals surface area contributed by atoms with Crippen LogP contribution in [-0.4, -0.2) is 11.1 Å². The molecule has 0 bridgehead atoms. The number of aromatic hydroxyl groups is 1. The van der Waals surface area contributed by atoms with Gasteiger partial charge in [-0.25, -0.2) is 0 Å². The van der Waals surface area contributed by atoms with Crippen molar-refractivity contribution in [1.82, 2.24) is 0 Å². The molecule has 25 heavy (non-hydrogen) atoms. The van der Waals surface area contributed by atoms with Gasteiger partial charge in [-0.3, -0.25) is 4.79 Å². The zero-order valence-corrected chi connectivity index (χ0v) is 14.6. The second-order valence-corrected chi connectivity index (χ2v) is 7.76. The number of ether oxygens (including phenoxy) is 1. The van der Waals surface area contributed by atoms with Gasteiger partial charge in [0.25, 0.3) is 0 Å². The third kappa shape index (κ3) is 4.13. The molecule has 0 heterocycles. The van der Waals surface area contributed by atoms with Gasteiger partial charge >= 0.3 is 5.97 Å². The Morgan fingerprint density at radius 3 is 2.12 bits per heavy atom. The molecule has 1 aromatic carbocycles. The quantitative estimate of drug-likeness (QED) is 0.600. The number of halogens is 2. The average Bonchev–Trinajstić information content (AvgIpc) is 2.63. The highest BCUT2D eigenvalue weighted by Gasteiger charge is 2.33. The fourth-order valence-electron chi connectivity index (χ4n) is 4.38.